The van der Waals surface area contributed by atoms with Gasteiger partial charge in [-0.05, 0) is 85.4 Å². The monoisotopic (exact) mass is 270 g/mol. The minimum atomic E-state index is 0.111. The Morgan fingerprint density at radius 1 is 1.10 bits per heavy atom. The first-order chi connectivity index (χ1) is 9.29. The predicted octanol–water partition coefficient (Wildman–Crippen LogP) is 4.73. The Hall–Kier alpha value is -1.37. The molecule has 1 aromatic rings. The van der Waals surface area contributed by atoms with E-state index in [0.29, 0.717) is 5.41 Å². The van der Waals surface area contributed by atoms with Gasteiger partial charge in [-0.1, -0.05) is 26.3 Å². The lowest BCUT2D eigenvalue weighted by molar-refractivity contribution is -0.112. The zero-order valence-electron chi connectivity index (χ0n) is 13.7. The number of allylic oxidation sites excluding steroid dienone is 1. The summed E-state index contributed by atoms with van der Waals surface area (Å²) in [6.45, 7) is 12.9. The van der Waals surface area contributed by atoms with Crippen LogP contribution in [0.4, 0.5) is 0 Å². The number of ketones is 1. The van der Waals surface area contributed by atoms with E-state index in [0.717, 1.165) is 0 Å². The van der Waals surface area contributed by atoms with Crippen LogP contribution < -0.4 is 0 Å². The van der Waals surface area contributed by atoms with Crippen molar-refractivity contribution in [3.05, 3.63) is 39.5 Å². The van der Waals surface area contributed by atoms with Gasteiger partial charge in [0.1, 0.15) is 0 Å². The first-order valence-corrected chi connectivity index (χ1v) is 7.59. The molecule has 0 saturated heterocycles. The van der Waals surface area contributed by atoms with Gasteiger partial charge in [-0.2, -0.15) is 0 Å². The van der Waals surface area contributed by atoms with E-state index < -0.39 is 0 Å². The Kier molecular flexibility index (Phi) is 3.90. The molecule has 0 spiro atoms. The van der Waals surface area contributed by atoms with Gasteiger partial charge in [-0.15, -0.1) is 0 Å². The molecule has 0 bridgehead atoms. The van der Waals surface area contributed by atoms with E-state index >= 15 is 0 Å². The number of fused-ring (bicyclic) bond motifs is 1. The van der Waals surface area contributed by atoms with E-state index in [2.05, 4.69) is 34.6 Å². The van der Waals surface area contributed by atoms with Crippen LogP contribution in [0, 0.1) is 26.2 Å². The van der Waals surface area contributed by atoms with Gasteiger partial charge in [0.2, 0.25) is 0 Å². The summed E-state index contributed by atoms with van der Waals surface area (Å²) in [7, 11) is 0. The summed E-state index contributed by atoms with van der Waals surface area (Å²) >= 11 is 0. The van der Waals surface area contributed by atoms with E-state index in [1.165, 1.54) is 47.1 Å². The van der Waals surface area contributed by atoms with Crippen LogP contribution in [0.3, 0.4) is 0 Å². The van der Waals surface area contributed by atoms with Crippen molar-refractivity contribution in [3.63, 3.8) is 0 Å². The number of benzene rings is 1. The van der Waals surface area contributed by atoms with E-state index in [9.17, 15) is 4.79 Å². The average Bonchev–Trinajstić information content (AvgIpc) is 2.75. The van der Waals surface area contributed by atoms with Gasteiger partial charge in [0.05, 0.1) is 0 Å². The van der Waals surface area contributed by atoms with Gasteiger partial charge in [0, 0.05) is 0 Å². The minimum absolute atomic E-state index is 0.111. The van der Waals surface area contributed by atoms with Gasteiger partial charge in [0.15, 0.2) is 5.78 Å². The number of carbonyl (C=O) groups excluding carboxylic acids is 1. The minimum Gasteiger partial charge on any atom is -0.295 e. The molecule has 1 atom stereocenters. The fourth-order valence-electron chi connectivity index (χ4n) is 3.42. The van der Waals surface area contributed by atoms with Crippen molar-refractivity contribution in [2.45, 2.75) is 60.8 Å². The molecule has 0 amide bonds. The van der Waals surface area contributed by atoms with Crippen LogP contribution in [0.5, 0.6) is 0 Å². The molecule has 0 heterocycles. The summed E-state index contributed by atoms with van der Waals surface area (Å²) in [4.78, 5) is 11.2. The van der Waals surface area contributed by atoms with Crippen LogP contribution >= 0.6 is 0 Å². The lowest BCUT2D eigenvalue weighted by atomic mass is 9.84. The highest BCUT2D eigenvalue weighted by molar-refractivity contribution is 5.92. The molecule has 1 aliphatic carbocycles. The first kappa shape index (κ1) is 15.0. The largest absolute Gasteiger partial charge is 0.295 e. The summed E-state index contributed by atoms with van der Waals surface area (Å²) < 4.78 is 0. The Morgan fingerprint density at radius 3 is 2.15 bits per heavy atom. The summed E-state index contributed by atoms with van der Waals surface area (Å²) in [5.74, 6) is 0.111. The zero-order valence-corrected chi connectivity index (χ0v) is 13.7. The lowest BCUT2D eigenvalue weighted by Gasteiger charge is -2.20. The van der Waals surface area contributed by atoms with Crippen molar-refractivity contribution in [2.75, 3.05) is 0 Å². The lowest BCUT2D eigenvalue weighted by Crippen LogP contribution is -2.14. The number of rotatable bonds is 3. The summed E-state index contributed by atoms with van der Waals surface area (Å²) in [5, 5.41) is 0. The predicted molar refractivity (Wildman–Crippen MR) is 86.2 cm³/mol. The molecule has 0 aromatic heterocycles. The van der Waals surface area contributed by atoms with Crippen LogP contribution in [0.15, 0.2) is 6.08 Å². The third kappa shape index (κ3) is 2.46. The third-order valence-corrected chi connectivity index (χ3v) is 5.19. The number of hydrogen-bond acceptors (Lipinski definition) is 1. The molecule has 0 N–H and O–H groups in total. The Morgan fingerprint density at radius 2 is 1.65 bits per heavy atom. The molecule has 0 aliphatic heterocycles. The van der Waals surface area contributed by atoms with Gasteiger partial charge < -0.3 is 0 Å². The standard InChI is InChI=1S/C19H26O/c1-7-19(6)10-17-14(4)13(3)16(9-8-12(2)20)15(5)18(17)11-19/h8-9H,7,10-11H2,1-6H3. The number of hydrogen-bond donors (Lipinski definition) is 0. The molecule has 1 nitrogen and oxygen atoms in total. The van der Waals surface area contributed by atoms with Crippen molar-refractivity contribution >= 4 is 11.9 Å². The van der Waals surface area contributed by atoms with Crippen molar-refractivity contribution in [1.29, 1.82) is 0 Å². The Bertz CT molecular complexity index is 593. The fourth-order valence-corrected chi connectivity index (χ4v) is 3.42. The van der Waals surface area contributed by atoms with Crippen molar-refractivity contribution in [2.24, 2.45) is 5.41 Å². The van der Waals surface area contributed by atoms with Crippen LogP contribution in [0.25, 0.3) is 6.08 Å². The fraction of sp³-hybridized carbons (Fsp3) is 0.526. The zero-order chi connectivity index (χ0) is 15.1. The molecular formula is C19H26O. The van der Waals surface area contributed by atoms with Gasteiger partial charge >= 0.3 is 0 Å². The Labute approximate surface area is 123 Å². The van der Waals surface area contributed by atoms with E-state index in [4.69, 9.17) is 0 Å². The summed E-state index contributed by atoms with van der Waals surface area (Å²) in [6.07, 6.45) is 7.28. The SMILES string of the molecule is CCC1(C)Cc2c(C)c(C)c(C=CC(C)=O)c(C)c2C1. The smallest absolute Gasteiger partial charge is 0.152 e. The van der Waals surface area contributed by atoms with Gasteiger partial charge in [-0.25, -0.2) is 0 Å². The normalized spacial score (nSPS) is 21.5. The highest BCUT2D eigenvalue weighted by Crippen LogP contribution is 2.44. The second-order valence-electron chi connectivity index (χ2n) is 6.71. The topological polar surface area (TPSA) is 17.1 Å². The summed E-state index contributed by atoms with van der Waals surface area (Å²) in [5.41, 5.74) is 8.87. The average molecular weight is 270 g/mol. The van der Waals surface area contributed by atoms with Crippen molar-refractivity contribution in [1.82, 2.24) is 0 Å². The highest BCUT2D eigenvalue weighted by Gasteiger charge is 2.34. The molecule has 0 fully saturated rings. The Balaban J connectivity index is 2.59. The quantitative estimate of drug-likeness (QED) is 0.726. The molecule has 108 valence electrons. The molecule has 1 aliphatic rings. The van der Waals surface area contributed by atoms with Crippen molar-refractivity contribution in [3.8, 4) is 0 Å². The molecule has 20 heavy (non-hydrogen) atoms. The summed E-state index contributed by atoms with van der Waals surface area (Å²) in [6, 6.07) is 0. The van der Waals surface area contributed by atoms with Gasteiger partial charge in [0.25, 0.3) is 0 Å². The van der Waals surface area contributed by atoms with E-state index in [1.54, 1.807) is 18.6 Å². The van der Waals surface area contributed by atoms with Crippen LogP contribution in [0.1, 0.15) is 60.6 Å². The highest BCUT2D eigenvalue weighted by atomic mass is 16.1. The van der Waals surface area contributed by atoms with E-state index in [1.807, 2.05) is 6.08 Å². The second kappa shape index (κ2) is 5.20. The second-order valence-corrected chi connectivity index (χ2v) is 6.71. The maximum Gasteiger partial charge on any atom is 0.152 e. The van der Waals surface area contributed by atoms with Crippen LogP contribution in [-0.2, 0) is 17.6 Å². The van der Waals surface area contributed by atoms with E-state index in [-0.39, 0.29) is 5.78 Å². The maximum absolute atomic E-state index is 11.2. The van der Waals surface area contributed by atoms with Crippen LogP contribution in [-0.4, -0.2) is 5.78 Å². The maximum atomic E-state index is 11.2. The molecule has 0 radical (unpaired) electrons. The molecule has 1 heteroatoms. The molecule has 2 rings (SSSR count). The first-order valence-electron chi connectivity index (χ1n) is 7.59. The molecule has 1 aromatic carbocycles. The van der Waals surface area contributed by atoms with Crippen LogP contribution in [0.2, 0.25) is 0 Å². The molecule has 1 unspecified atom stereocenters. The van der Waals surface area contributed by atoms with Gasteiger partial charge in [-0.3, -0.25) is 4.79 Å². The third-order valence-electron chi connectivity index (χ3n) is 5.19. The molecule has 0 saturated carbocycles. The van der Waals surface area contributed by atoms with Crippen molar-refractivity contribution < 1.29 is 4.79 Å². The number of carbonyl (C=O) groups is 1. The molecular weight excluding hydrogens is 244 g/mol.